The summed E-state index contributed by atoms with van der Waals surface area (Å²) in [5, 5.41) is 3.82. The average molecular weight is 417 g/mol. The van der Waals surface area contributed by atoms with E-state index in [0.29, 0.717) is 16.0 Å². The van der Waals surface area contributed by atoms with Crippen molar-refractivity contribution in [1.82, 2.24) is 14.3 Å². The highest BCUT2D eigenvalue weighted by atomic mass is 32.2. The maximum Gasteiger partial charge on any atom is 0.246 e. The van der Waals surface area contributed by atoms with Crippen LogP contribution in [0.5, 0.6) is 0 Å². The molecule has 1 N–H and O–H groups in total. The number of rotatable bonds is 7. The molecule has 0 aliphatic heterocycles. The van der Waals surface area contributed by atoms with Crippen LogP contribution in [0.2, 0.25) is 0 Å². The van der Waals surface area contributed by atoms with Gasteiger partial charge in [-0.1, -0.05) is 24.3 Å². The number of nitrogens with zero attached hydrogens (tertiary/aromatic N) is 3. The zero-order valence-corrected chi connectivity index (χ0v) is 17.2. The third-order valence-corrected chi connectivity index (χ3v) is 6.97. The smallest absolute Gasteiger partial charge is 0.246 e. The van der Waals surface area contributed by atoms with Gasteiger partial charge in [0.15, 0.2) is 5.13 Å². The molecule has 1 aromatic carbocycles. The standard InChI is InChI=1S/C19H20N4O3S2/c1-4-11-23(12-17(24)22-19-21-13(2)14(3)27-19)28(25,26)16-9-5-7-15-8-6-10-20-18(15)16/h4-10H,1,11-12H2,2-3H3,(H,21,22,24). The number of pyridine rings is 1. The molecule has 0 saturated carbocycles. The van der Waals surface area contributed by atoms with E-state index >= 15 is 0 Å². The number of hydrogen-bond acceptors (Lipinski definition) is 6. The quantitative estimate of drug-likeness (QED) is 0.598. The predicted octanol–water partition coefficient (Wildman–Crippen LogP) is 3.12. The van der Waals surface area contributed by atoms with Gasteiger partial charge in [-0.2, -0.15) is 4.31 Å². The fraction of sp³-hybridized carbons (Fsp3) is 0.211. The van der Waals surface area contributed by atoms with Gasteiger partial charge in [-0.3, -0.25) is 9.78 Å². The number of aryl methyl sites for hydroxylation is 2. The molecule has 0 aliphatic carbocycles. The van der Waals surface area contributed by atoms with Crippen LogP contribution in [-0.2, 0) is 14.8 Å². The Balaban J connectivity index is 1.89. The second-order valence-corrected chi connectivity index (χ2v) is 9.24. The van der Waals surface area contributed by atoms with Gasteiger partial charge in [0.2, 0.25) is 15.9 Å². The summed E-state index contributed by atoms with van der Waals surface area (Å²) in [6, 6.07) is 8.47. The summed E-state index contributed by atoms with van der Waals surface area (Å²) in [5.41, 5.74) is 1.20. The van der Waals surface area contributed by atoms with E-state index in [-0.39, 0.29) is 18.0 Å². The van der Waals surface area contributed by atoms with E-state index in [1.54, 1.807) is 30.5 Å². The van der Waals surface area contributed by atoms with Crippen LogP contribution in [0, 0.1) is 13.8 Å². The van der Waals surface area contributed by atoms with Gasteiger partial charge in [0.05, 0.1) is 17.8 Å². The molecule has 0 fully saturated rings. The van der Waals surface area contributed by atoms with Gasteiger partial charge >= 0.3 is 0 Å². The molecule has 0 bridgehead atoms. The van der Waals surface area contributed by atoms with Crippen LogP contribution in [0.15, 0.2) is 54.1 Å². The number of aromatic nitrogens is 2. The normalized spacial score (nSPS) is 11.7. The number of nitrogens with one attached hydrogen (secondary N) is 1. The lowest BCUT2D eigenvalue weighted by Gasteiger charge is -2.20. The monoisotopic (exact) mass is 416 g/mol. The number of carbonyl (C=O) groups excluding carboxylic acids is 1. The fourth-order valence-corrected chi connectivity index (χ4v) is 5.02. The van der Waals surface area contributed by atoms with Crippen molar-refractivity contribution in [2.24, 2.45) is 0 Å². The number of amides is 1. The molecule has 7 nitrogen and oxygen atoms in total. The van der Waals surface area contributed by atoms with Gasteiger partial charge in [-0.15, -0.1) is 17.9 Å². The highest BCUT2D eigenvalue weighted by Gasteiger charge is 2.28. The molecule has 3 rings (SSSR count). The highest BCUT2D eigenvalue weighted by Crippen LogP contribution is 2.25. The number of fused-ring (bicyclic) bond motifs is 1. The van der Waals surface area contributed by atoms with Crippen molar-refractivity contribution in [1.29, 1.82) is 0 Å². The molecule has 3 aromatic rings. The van der Waals surface area contributed by atoms with Gasteiger partial charge in [0.1, 0.15) is 4.90 Å². The number of para-hydroxylation sites is 1. The van der Waals surface area contributed by atoms with Gasteiger partial charge in [-0.05, 0) is 26.0 Å². The van der Waals surface area contributed by atoms with Crippen LogP contribution >= 0.6 is 11.3 Å². The Morgan fingerprint density at radius 1 is 1.29 bits per heavy atom. The average Bonchev–Trinajstić information content (AvgIpc) is 2.97. The molecule has 0 spiro atoms. The predicted molar refractivity (Wildman–Crippen MR) is 111 cm³/mol. The van der Waals surface area contributed by atoms with Crippen molar-refractivity contribution >= 4 is 43.3 Å². The second kappa shape index (κ2) is 8.17. The lowest BCUT2D eigenvalue weighted by molar-refractivity contribution is -0.116. The highest BCUT2D eigenvalue weighted by molar-refractivity contribution is 7.89. The largest absolute Gasteiger partial charge is 0.301 e. The fourth-order valence-electron chi connectivity index (χ4n) is 2.66. The molecule has 0 aliphatic rings. The second-order valence-electron chi connectivity index (χ2n) is 6.13. The van der Waals surface area contributed by atoms with Crippen LogP contribution in [0.4, 0.5) is 5.13 Å². The summed E-state index contributed by atoms with van der Waals surface area (Å²) in [4.78, 5) is 22.0. The van der Waals surface area contributed by atoms with Gasteiger partial charge in [0, 0.05) is 23.0 Å². The molecular weight excluding hydrogens is 396 g/mol. The van der Waals surface area contributed by atoms with Crippen molar-refractivity contribution in [2.75, 3.05) is 18.4 Å². The maximum absolute atomic E-state index is 13.2. The van der Waals surface area contributed by atoms with E-state index in [9.17, 15) is 13.2 Å². The molecule has 2 heterocycles. The molecule has 0 atom stereocenters. The van der Waals surface area contributed by atoms with Gasteiger partial charge < -0.3 is 5.32 Å². The van der Waals surface area contributed by atoms with Crippen molar-refractivity contribution in [3.05, 3.63) is 59.8 Å². The number of sulfonamides is 1. The van der Waals surface area contributed by atoms with Crippen LogP contribution in [-0.4, -0.2) is 41.7 Å². The van der Waals surface area contributed by atoms with Gasteiger partial charge in [-0.25, -0.2) is 13.4 Å². The summed E-state index contributed by atoms with van der Waals surface area (Å²) in [7, 11) is -3.96. The number of hydrogen-bond donors (Lipinski definition) is 1. The molecular formula is C19H20N4O3S2. The Hall–Kier alpha value is -2.62. The minimum Gasteiger partial charge on any atom is -0.301 e. The maximum atomic E-state index is 13.2. The summed E-state index contributed by atoms with van der Waals surface area (Å²) >= 11 is 1.35. The van der Waals surface area contributed by atoms with Crippen LogP contribution in [0.25, 0.3) is 10.9 Å². The van der Waals surface area contributed by atoms with Gasteiger partial charge in [0.25, 0.3) is 0 Å². The van der Waals surface area contributed by atoms with E-state index in [4.69, 9.17) is 0 Å². The van der Waals surface area contributed by atoms with E-state index in [0.717, 1.165) is 14.9 Å². The number of carbonyl (C=O) groups is 1. The number of anilines is 1. The lowest BCUT2D eigenvalue weighted by Crippen LogP contribution is -2.38. The minimum atomic E-state index is -3.96. The Bertz CT molecular complexity index is 1110. The first-order valence-corrected chi connectivity index (χ1v) is 10.8. The SMILES string of the molecule is C=CCN(CC(=O)Nc1nc(C)c(C)s1)S(=O)(=O)c1cccc2cccnc12. The van der Waals surface area contributed by atoms with Crippen molar-refractivity contribution < 1.29 is 13.2 Å². The number of thiazole rings is 1. The van der Waals surface area contributed by atoms with Crippen LogP contribution in [0.3, 0.4) is 0 Å². The summed E-state index contributed by atoms with van der Waals surface area (Å²) < 4.78 is 27.5. The Kier molecular flexibility index (Phi) is 5.87. The molecule has 0 radical (unpaired) electrons. The Morgan fingerprint density at radius 2 is 2.04 bits per heavy atom. The Morgan fingerprint density at radius 3 is 2.71 bits per heavy atom. The van der Waals surface area contributed by atoms with Crippen molar-refractivity contribution in [2.45, 2.75) is 18.7 Å². The minimum absolute atomic E-state index is 0.00506. The zero-order chi connectivity index (χ0) is 20.3. The third-order valence-electron chi connectivity index (χ3n) is 4.14. The first kappa shape index (κ1) is 20.1. The molecule has 28 heavy (non-hydrogen) atoms. The molecule has 9 heteroatoms. The summed E-state index contributed by atoms with van der Waals surface area (Å²) in [5.74, 6) is -0.465. The number of benzene rings is 1. The van der Waals surface area contributed by atoms with Crippen LogP contribution < -0.4 is 5.32 Å². The molecule has 0 saturated heterocycles. The molecule has 1 amide bonds. The first-order valence-electron chi connectivity index (χ1n) is 8.51. The van der Waals surface area contributed by atoms with E-state index in [2.05, 4.69) is 21.9 Å². The first-order chi connectivity index (χ1) is 13.3. The lowest BCUT2D eigenvalue weighted by atomic mass is 10.2. The third kappa shape index (κ3) is 4.11. The van der Waals surface area contributed by atoms with E-state index in [1.165, 1.54) is 23.5 Å². The molecule has 146 valence electrons. The van der Waals surface area contributed by atoms with Crippen molar-refractivity contribution in [3.63, 3.8) is 0 Å². The Labute approximate surface area is 167 Å². The van der Waals surface area contributed by atoms with E-state index < -0.39 is 15.9 Å². The van der Waals surface area contributed by atoms with Crippen LogP contribution in [0.1, 0.15) is 10.6 Å². The topological polar surface area (TPSA) is 92.3 Å². The molecule has 2 aromatic heterocycles. The zero-order valence-electron chi connectivity index (χ0n) is 15.5. The van der Waals surface area contributed by atoms with Crippen molar-refractivity contribution in [3.8, 4) is 0 Å². The summed E-state index contributed by atoms with van der Waals surface area (Å²) in [6.45, 7) is 7.01. The molecule has 0 unspecified atom stereocenters. The summed E-state index contributed by atoms with van der Waals surface area (Å²) in [6.07, 6.45) is 2.99. The van der Waals surface area contributed by atoms with E-state index in [1.807, 2.05) is 13.8 Å².